The van der Waals surface area contributed by atoms with Crippen molar-refractivity contribution in [1.29, 1.82) is 0 Å². The summed E-state index contributed by atoms with van der Waals surface area (Å²) in [5.41, 5.74) is 0. The number of likely N-dealkylation sites (tertiary alicyclic amines) is 1. The standard InChI is InChI=1S/C10H21N.2C2H6/c1-4-6-10-8-7-9(5-2)11(10)3;2*1-2/h9-10H,4-8H2,1-3H3;2*1-2H3. The molecule has 0 aliphatic carbocycles. The molecular formula is C14H33N. The Balaban J connectivity index is 0. The first kappa shape index (κ1) is 17.4. The van der Waals surface area contributed by atoms with Crippen LogP contribution < -0.4 is 0 Å². The van der Waals surface area contributed by atoms with Gasteiger partial charge in [0, 0.05) is 12.1 Å². The van der Waals surface area contributed by atoms with Crippen LogP contribution in [0.2, 0.25) is 0 Å². The second kappa shape index (κ2) is 12.0. The molecule has 0 amide bonds. The van der Waals surface area contributed by atoms with E-state index in [-0.39, 0.29) is 0 Å². The third-order valence-corrected chi connectivity index (χ3v) is 3.08. The van der Waals surface area contributed by atoms with E-state index < -0.39 is 0 Å². The second-order valence-electron chi connectivity index (χ2n) is 3.75. The molecule has 15 heavy (non-hydrogen) atoms. The average molecular weight is 215 g/mol. The zero-order valence-electron chi connectivity index (χ0n) is 12.1. The Labute approximate surface area is 98.2 Å². The number of rotatable bonds is 3. The van der Waals surface area contributed by atoms with E-state index in [2.05, 4.69) is 25.8 Å². The zero-order chi connectivity index (χ0) is 12.3. The molecule has 1 heteroatoms. The molecule has 2 atom stereocenters. The lowest BCUT2D eigenvalue weighted by Gasteiger charge is -2.24. The Morgan fingerprint density at radius 3 is 1.73 bits per heavy atom. The molecule has 0 spiro atoms. The number of hydrogen-bond donors (Lipinski definition) is 0. The van der Waals surface area contributed by atoms with Crippen LogP contribution in [0.15, 0.2) is 0 Å². The highest BCUT2D eigenvalue weighted by molar-refractivity contribution is 4.83. The largest absolute Gasteiger partial charge is 0.300 e. The molecule has 0 bridgehead atoms. The molecule has 1 nitrogen and oxygen atoms in total. The van der Waals surface area contributed by atoms with Gasteiger partial charge in [0.05, 0.1) is 0 Å². The van der Waals surface area contributed by atoms with Gasteiger partial charge in [0.15, 0.2) is 0 Å². The van der Waals surface area contributed by atoms with Gasteiger partial charge in [-0.25, -0.2) is 0 Å². The molecule has 1 saturated heterocycles. The van der Waals surface area contributed by atoms with E-state index in [0.717, 1.165) is 12.1 Å². The maximum atomic E-state index is 2.59. The molecule has 0 N–H and O–H groups in total. The van der Waals surface area contributed by atoms with E-state index in [4.69, 9.17) is 0 Å². The zero-order valence-corrected chi connectivity index (χ0v) is 12.1. The van der Waals surface area contributed by atoms with Crippen molar-refractivity contribution < 1.29 is 0 Å². The number of nitrogens with zero attached hydrogens (tertiary/aromatic N) is 1. The van der Waals surface area contributed by atoms with Crippen LogP contribution in [-0.4, -0.2) is 24.0 Å². The first-order valence-corrected chi connectivity index (χ1v) is 7.01. The van der Waals surface area contributed by atoms with Gasteiger partial charge < -0.3 is 4.90 Å². The smallest absolute Gasteiger partial charge is 0.00956 e. The molecule has 1 heterocycles. The van der Waals surface area contributed by atoms with Crippen molar-refractivity contribution in [1.82, 2.24) is 4.90 Å². The normalized spacial score (nSPS) is 25.0. The van der Waals surface area contributed by atoms with E-state index in [0.29, 0.717) is 0 Å². The van der Waals surface area contributed by atoms with Gasteiger partial charge in [-0.15, -0.1) is 0 Å². The quantitative estimate of drug-likeness (QED) is 0.659. The fraction of sp³-hybridized carbons (Fsp3) is 1.00. The van der Waals surface area contributed by atoms with E-state index in [1.807, 2.05) is 27.7 Å². The van der Waals surface area contributed by atoms with Crippen molar-refractivity contribution in [2.45, 2.75) is 85.7 Å². The van der Waals surface area contributed by atoms with Crippen molar-refractivity contribution in [2.24, 2.45) is 0 Å². The third-order valence-electron chi connectivity index (χ3n) is 3.08. The van der Waals surface area contributed by atoms with Gasteiger partial charge >= 0.3 is 0 Å². The van der Waals surface area contributed by atoms with Crippen LogP contribution >= 0.6 is 0 Å². The fourth-order valence-electron chi connectivity index (χ4n) is 2.26. The summed E-state index contributed by atoms with van der Waals surface area (Å²) in [7, 11) is 2.29. The Morgan fingerprint density at radius 2 is 1.40 bits per heavy atom. The van der Waals surface area contributed by atoms with Gasteiger partial charge in [0.1, 0.15) is 0 Å². The van der Waals surface area contributed by atoms with E-state index in [1.165, 1.54) is 32.1 Å². The van der Waals surface area contributed by atoms with Gasteiger partial charge in [-0.1, -0.05) is 48.0 Å². The van der Waals surface area contributed by atoms with Crippen LogP contribution in [-0.2, 0) is 0 Å². The van der Waals surface area contributed by atoms with Crippen molar-refractivity contribution in [2.75, 3.05) is 7.05 Å². The lowest BCUT2D eigenvalue weighted by atomic mass is 10.1. The topological polar surface area (TPSA) is 3.24 Å². The first-order chi connectivity index (χ1) is 7.29. The van der Waals surface area contributed by atoms with Crippen molar-refractivity contribution in [3.05, 3.63) is 0 Å². The first-order valence-electron chi connectivity index (χ1n) is 7.01. The van der Waals surface area contributed by atoms with E-state index >= 15 is 0 Å². The van der Waals surface area contributed by atoms with Gasteiger partial charge in [-0.3, -0.25) is 0 Å². The molecule has 0 aromatic rings. The van der Waals surface area contributed by atoms with E-state index in [1.54, 1.807) is 0 Å². The van der Waals surface area contributed by atoms with Crippen molar-refractivity contribution >= 4 is 0 Å². The van der Waals surface area contributed by atoms with Gasteiger partial charge in [-0.2, -0.15) is 0 Å². The second-order valence-corrected chi connectivity index (χ2v) is 3.75. The summed E-state index contributed by atoms with van der Waals surface area (Å²) < 4.78 is 0. The molecule has 1 aliphatic heterocycles. The Morgan fingerprint density at radius 1 is 0.933 bits per heavy atom. The van der Waals surface area contributed by atoms with Gasteiger partial charge in [-0.05, 0) is 32.7 Å². The predicted octanol–water partition coefficient (Wildman–Crippen LogP) is 4.71. The minimum Gasteiger partial charge on any atom is -0.300 e. The molecule has 0 aromatic carbocycles. The summed E-state index contributed by atoms with van der Waals surface area (Å²) in [5, 5.41) is 0. The summed E-state index contributed by atoms with van der Waals surface area (Å²) in [4.78, 5) is 2.59. The fourth-order valence-corrected chi connectivity index (χ4v) is 2.26. The molecule has 1 aliphatic rings. The molecule has 1 fully saturated rings. The van der Waals surface area contributed by atoms with E-state index in [9.17, 15) is 0 Å². The predicted molar refractivity (Wildman–Crippen MR) is 72.5 cm³/mol. The molecule has 0 radical (unpaired) electrons. The molecule has 94 valence electrons. The highest BCUT2D eigenvalue weighted by Gasteiger charge is 2.27. The maximum Gasteiger partial charge on any atom is 0.00956 e. The van der Waals surface area contributed by atoms with Crippen LogP contribution in [0.1, 0.15) is 73.6 Å². The minimum absolute atomic E-state index is 0.881. The highest BCUT2D eigenvalue weighted by atomic mass is 15.2. The minimum atomic E-state index is 0.881. The lowest BCUT2D eigenvalue weighted by Crippen LogP contribution is -2.31. The Kier molecular flexibility index (Phi) is 13.9. The Hall–Kier alpha value is -0.0400. The molecule has 1 rings (SSSR count). The van der Waals surface area contributed by atoms with Crippen molar-refractivity contribution in [3.63, 3.8) is 0 Å². The SMILES string of the molecule is CC.CC.CCCC1CCC(CC)N1C. The lowest BCUT2D eigenvalue weighted by molar-refractivity contribution is 0.226. The summed E-state index contributed by atoms with van der Waals surface area (Å²) in [6.45, 7) is 12.6. The summed E-state index contributed by atoms with van der Waals surface area (Å²) in [5.74, 6) is 0. The molecule has 2 unspecified atom stereocenters. The Bertz CT molecular complexity index is 112. The van der Waals surface area contributed by atoms with Crippen LogP contribution in [0.5, 0.6) is 0 Å². The summed E-state index contributed by atoms with van der Waals surface area (Å²) >= 11 is 0. The summed E-state index contributed by atoms with van der Waals surface area (Å²) in [6, 6.07) is 1.77. The molecular weight excluding hydrogens is 182 g/mol. The van der Waals surface area contributed by atoms with Gasteiger partial charge in [0.25, 0.3) is 0 Å². The van der Waals surface area contributed by atoms with Gasteiger partial charge in [0.2, 0.25) is 0 Å². The highest BCUT2D eigenvalue weighted by Crippen LogP contribution is 2.26. The van der Waals surface area contributed by atoms with Crippen molar-refractivity contribution in [3.8, 4) is 0 Å². The van der Waals surface area contributed by atoms with Crippen LogP contribution in [0, 0.1) is 0 Å². The van der Waals surface area contributed by atoms with Crippen LogP contribution in [0.4, 0.5) is 0 Å². The summed E-state index contributed by atoms with van der Waals surface area (Å²) in [6.07, 6.45) is 6.93. The monoisotopic (exact) mass is 215 g/mol. The molecule has 0 aromatic heterocycles. The third kappa shape index (κ3) is 6.19. The van der Waals surface area contributed by atoms with Crippen LogP contribution in [0.25, 0.3) is 0 Å². The average Bonchev–Trinajstić information content (AvgIpc) is 2.66. The maximum absolute atomic E-state index is 2.59. The van der Waals surface area contributed by atoms with Crippen LogP contribution in [0.3, 0.4) is 0 Å². The number of hydrogen-bond acceptors (Lipinski definition) is 1. The molecule has 0 saturated carbocycles.